The molecule has 0 radical (unpaired) electrons. The van der Waals surface area contributed by atoms with Crippen LogP contribution in [-0.4, -0.2) is 29.3 Å². The molecule has 0 fully saturated rings. The Morgan fingerprint density at radius 3 is 2.37 bits per heavy atom. The maximum absolute atomic E-state index is 13.2. The third kappa shape index (κ3) is 4.74. The van der Waals surface area contributed by atoms with Crippen LogP contribution in [0.1, 0.15) is 19.4 Å². The molecule has 0 aliphatic carbocycles. The topological polar surface area (TPSA) is 73.2 Å². The molecule has 3 rings (SSSR count). The smallest absolute Gasteiger partial charge is 0.267 e. The first-order valence-electron chi connectivity index (χ1n) is 9.59. The fraction of sp³-hybridized carbons (Fsp3) is 0.261. The lowest BCUT2D eigenvalue weighted by molar-refractivity contribution is -0.128. The van der Waals surface area contributed by atoms with Crippen LogP contribution >= 0.6 is 0 Å². The Morgan fingerprint density at radius 1 is 1.07 bits per heavy atom. The zero-order chi connectivity index (χ0) is 21.7. The van der Waals surface area contributed by atoms with Gasteiger partial charge in [0.05, 0.1) is 12.8 Å². The number of amides is 1. The molecule has 0 atom stereocenters. The van der Waals surface area contributed by atoms with Crippen LogP contribution < -0.4 is 15.6 Å². The first kappa shape index (κ1) is 21.2. The van der Waals surface area contributed by atoms with Crippen molar-refractivity contribution >= 4 is 5.91 Å². The third-order valence-electron chi connectivity index (χ3n) is 4.88. The normalized spacial score (nSPS) is 11.2. The molecule has 0 bridgehead atoms. The zero-order valence-corrected chi connectivity index (χ0v) is 17.2. The Balaban J connectivity index is 1.73. The van der Waals surface area contributed by atoms with Crippen LogP contribution in [0.3, 0.4) is 0 Å². The molecule has 6 nitrogen and oxygen atoms in total. The van der Waals surface area contributed by atoms with Gasteiger partial charge in [0.1, 0.15) is 17.1 Å². The molecule has 0 unspecified atom stereocenters. The summed E-state index contributed by atoms with van der Waals surface area (Å²) in [7, 11) is 1.61. The highest BCUT2D eigenvalue weighted by Gasteiger charge is 2.32. The molecule has 1 amide bonds. The molecular weight excluding hydrogens is 385 g/mol. The van der Waals surface area contributed by atoms with E-state index in [1.165, 1.54) is 18.2 Å². The van der Waals surface area contributed by atoms with E-state index in [0.29, 0.717) is 24.2 Å². The van der Waals surface area contributed by atoms with Gasteiger partial charge in [-0.15, -0.1) is 0 Å². The van der Waals surface area contributed by atoms with Gasteiger partial charge in [-0.3, -0.25) is 9.59 Å². The number of rotatable bonds is 7. The number of aromatic nitrogens is 2. The minimum absolute atomic E-state index is 0.318. The Hall–Kier alpha value is -3.48. The summed E-state index contributed by atoms with van der Waals surface area (Å²) in [6, 6.07) is 16.3. The number of hydrogen-bond donors (Lipinski definition) is 1. The van der Waals surface area contributed by atoms with Crippen LogP contribution in [0.5, 0.6) is 5.75 Å². The lowest BCUT2D eigenvalue weighted by atomic mass is 10.0. The molecule has 1 aromatic heterocycles. The van der Waals surface area contributed by atoms with Gasteiger partial charge in [0, 0.05) is 18.2 Å². The Kier molecular flexibility index (Phi) is 6.30. The molecule has 0 aliphatic rings. The lowest BCUT2D eigenvalue weighted by Crippen LogP contribution is -2.50. The number of carbonyl (C=O) groups excluding carboxylic acids is 1. The predicted molar refractivity (Wildman–Crippen MR) is 113 cm³/mol. The number of hydrogen-bond acceptors (Lipinski definition) is 4. The van der Waals surface area contributed by atoms with Gasteiger partial charge < -0.3 is 10.1 Å². The summed E-state index contributed by atoms with van der Waals surface area (Å²) in [5.41, 5.74) is 0.598. The second-order valence-corrected chi connectivity index (χ2v) is 7.39. The molecule has 0 spiro atoms. The number of carbonyl (C=O) groups is 1. The van der Waals surface area contributed by atoms with Crippen molar-refractivity contribution in [2.24, 2.45) is 0 Å². The first-order chi connectivity index (χ1) is 14.3. The Bertz CT molecular complexity index is 1070. The number of nitrogens with zero attached hydrogens (tertiary/aromatic N) is 2. The van der Waals surface area contributed by atoms with Crippen molar-refractivity contribution in [1.82, 2.24) is 15.1 Å². The van der Waals surface area contributed by atoms with E-state index in [1.54, 1.807) is 39.2 Å². The van der Waals surface area contributed by atoms with Crippen LogP contribution in [0.15, 0.2) is 65.5 Å². The standard InChI is InChI=1S/C23H24FN3O3/c1-23(2,22(29)25-15-14-16-4-10-19(30-3)11-5-16)27-21(28)13-12-20(26-27)17-6-8-18(24)9-7-17/h4-13H,14-15H2,1-3H3,(H,25,29). The second kappa shape index (κ2) is 8.90. The molecule has 0 aliphatic heterocycles. The van der Waals surface area contributed by atoms with Crippen molar-refractivity contribution in [3.63, 3.8) is 0 Å². The van der Waals surface area contributed by atoms with Crippen molar-refractivity contribution in [2.45, 2.75) is 25.8 Å². The summed E-state index contributed by atoms with van der Waals surface area (Å²) in [5, 5.41) is 7.23. The fourth-order valence-corrected chi connectivity index (χ4v) is 3.01. The highest BCUT2D eigenvalue weighted by Crippen LogP contribution is 2.19. The Morgan fingerprint density at radius 2 is 1.73 bits per heavy atom. The van der Waals surface area contributed by atoms with Crippen LogP contribution in [0.25, 0.3) is 11.3 Å². The minimum atomic E-state index is -1.20. The van der Waals surface area contributed by atoms with Gasteiger partial charge in [0.25, 0.3) is 5.56 Å². The molecular formula is C23H24FN3O3. The molecule has 156 valence electrons. The molecule has 7 heteroatoms. The monoisotopic (exact) mass is 409 g/mol. The van der Waals surface area contributed by atoms with Gasteiger partial charge in [-0.05, 0) is 68.3 Å². The van der Waals surface area contributed by atoms with E-state index in [0.717, 1.165) is 16.0 Å². The maximum Gasteiger partial charge on any atom is 0.267 e. The summed E-state index contributed by atoms with van der Waals surface area (Å²) in [5.74, 6) is 0.0981. The average Bonchev–Trinajstić information content (AvgIpc) is 2.75. The number of benzene rings is 2. The van der Waals surface area contributed by atoms with Crippen LogP contribution in [0, 0.1) is 5.82 Å². The van der Waals surface area contributed by atoms with Crippen molar-refractivity contribution in [3.8, 4) is 17.0 Å². The largest absolute Gasteiger partial charge is 0.497 e. The SMILES string of the molecule is COc1ccc(CCNC(=O)C(C)(C)n2nc(-c3ccc(F)cc3)ccc2=O)cc1. The maximum atomic E-state index is 13.2. The molecule has 0 saturated carbocycles. The van der Waals surface area contributed by atoms with E-state index in [4.69, 9.17) is 4.74 Å². The summed E-state index contributed by atoms with van der Waals surface area (Å²) < 4.78 is 19.5. The average molecular weight is 409 g/mol. The summed E-state index contributed by atoms with van der Waals surface area (Å²) in [4.78, 5) is 25.2. The first-order valence-corrected chi connectivity index (χ1v) is 9.59. The summed E-state index contributed by atoms with van der Waals surface area (Å²) in [6.45, 7) is 3.69. The third-order valence-corrected chi connectivity index (χ3v) is 4.88. The molecule has 1 N–H and O–H groups in total. The predicted octanol–water partition coefficient (Wildman–Crippen LogP) is 3.15. The van der Waals surface area contributed by atoms with E-state index in [2.05, 4.69) is 10.4 Å². The van der Waals surface area contributed by atoms with Crippen molar-refractivity contribution in [2.75, 3.05) is 13.7 Å². The van der Waals surface area contributed by atoms with Crippen molar-refractivity contribution < 1.29 is 13.9 Å². The molecule has 2 aromatic carbocycles. The van der Waals surface area contributed by atoms with Gasteiger partial charge in [0.15, 0.2) is 0 Å². The van der Waals surface area contributed by atoms with Gasteiger partial charge in [-0.2, -0.15) is 5.10 Å². The van der Waals surface area contributed by atoms with Gasteiger partial charge in [0.2, 0.25) is 5.91 Å². The van der Waals surface area contributed by atoms with Gasteiger partial charge in [-0.25, -0.2) is 9.07 Å². The number of ether oxygens (including phenoxy) is 1. The van der Waals surface area contributed by atoms with E-state index in [9.17, 15) is 14.0 Å². The zero-order valence-electron chi connectivity index (χ0n) is 17.2. The van der Waals surface area contributed by atoms with Crippen LogP contribution in [0.4, 0.5) is 4.39 Å². The quantitative estimate of drug-likeness (QED) is 0.651. The second-order valence-electron chi connectivity index (χ2n) is 7.39. The minimum Gasteiger partial charge on any atom is -0.497 e. The van der Waals surface area contributed by atoms with Crippen molar-refractivity contribution in [3.05, 3.63) is 82.4 Å². The van der Waals surface area contributed by atoms with Crippen LogP contribution in [-0.2, 0) is 16.8 Å². The molecule has 0 saturated heterocycles. The number of nitrogens with one attached hydrogen (secondary N) is 1. The molecule has 30 heavy (non-hydrogen) atoms. The highest BCUT2D eigenvalue weighted by atomic mass is 19.1. The Labute approximate surface area is 174 Å². The number of halogens is 1. The van der Waals surface area contributed by atoms with Gasteiger partial charge in [-0.1, -0.05) is 12.1 Å². The summed E-state index contributed by atoms with van der Waals surface area (Å²) in [6.07, 6.45) is 0.643. The number of methoxy groups -OCH3 is 1. The van der Waals surface area contributed by atoms with E-state index < -0.39 is 11.1 Å². The lowest BCUT2D eigenvalue weighted by Gasteiger charge is -2.25. The molecule has 1 heterocycles. The van der Waals surface area contributed by atoms with Crippen molar-refractivity contribution in [1.29, 1.82) is 0 Å². The van der Waals surface area contributed by atoms with E-state index >= 15 is 0 Å². The summed E-state index contributed by atoms with van der Waals surface area (Å²) >= 11 is 0. The van der Waals surface area contributed by atoms with Gasteiger partial charge >= 0.3 is 0 Å². The molecule has 3 aromatic rings. The fourth-order valence-electron chi connectivity index (χ4n) is 3.01. The van der Waals surface area contributed by atoms with E-state index in [-0.39, 0.29) is 11.7 Å². The van der Waals surface area contributed by atoms with Crippen LogP contribution in [0.2, 0.25) is 0 Å². The van der Waals surface area contributed by atoms with E-state index in [1.807, 2.05) is 24.3 Å². The highest BCUT2D eigenvalue weighted by molar-refractivity contribution is 5.83.